The third-order valence-electron chi connectivity index (χ3n) is 4.61. The van der Waals surface area contributed by atoms with Gasteiger partial charge >= 0.3 is 18.4 Å². The van der Waals surface area contributed by atoms with E-state index in [2.05, 4.69) is 4.74 Å². The number of piperazine rings is 1. The molecule has 0 atom stereocenters. The highest BCUT2D eigenvalue weighted by Gasteiger charge is 2.60. The maximum Gasteiger partial charge on any atom is 0.434 e. The number of hydrogen-bond donors (Lipinski definition) is 0. The highest BCUT2D eigenvalue weighted by Crippen LogP contribution is 2.36. The van der Waals surface area contributed by atoms with Gasteiger partial charge in [0.2, 0.25) is 0 Å². The number of aryl methyl sites for hydroxylation is 1. The minimum absolute atomic E-state index is 0.124. The molecule has 0 spiro atoms. The van der Waals surface area contributed by atoms with E-state index in [1.165, 1.54) is 6.07 Å². The molecule has 0 radical (unpaired) electrons. The number of halogens is 6. The third-order valence-corrected chi connectivity index (χ3v) is 4.61. The summed E-state index contributed by atoms with van der Waals surface area (Å²) in [5, 5.41) is 0. The number of carbonyl (C=O) groups is 1. The van der Waals surface area contributed by atoms with E-state index in [4.69, 9.17) is 11.0 Å². The van der Waals surface area contributed by atoms with E-state index >= 15 is 0 Å². The minimum Gasteiger partial charge on any atom is -0.426 e. The molecule has 1 aromatic carbocycles. The monoisotopic (exact) mass is 461 g/mol. The molecule has 5 nitrogen and oxygen atoms in total. The number of nitrogens with zero attached hydrogens (tertiary/aromatic N) is 3. The van der Waals surface area contributed by atoms with Crippen LogP contribution in [0.1, 0.15) is 34.9 Å². The number of anilines is 1. The van der Waals surface area contributed by atoms with Crippen LogP contribution in [0.3, 0.4) is 0 Å². The Kier molecular flexibility index (Phi) is 4.36. The lowest BCUT2D eigenvalue weighted by Gasteiger charge is -2.36. The normalized spacial score (nSPS) is 29.0. The van der Waals surface area contributed by atoms with Crippen LogP contribution in [0, 0.1) is 6.92 Å². The van der Waals surface area contributed by atoms with Crippen molar-refractivity contribution < 1.29 is 46.8 Å². The number of carbonyl (C=O) groups excluding carboxylic acids is 1. The lowest BCUT2D eigenvalue weighted by molar-refractivity contribution is -0.308. The first-order valence-corrected chi connectivity index (χ1v) is 9.24. The largest absolute Gasteiger partial charge is 0.434 e. The number of hydrogen-bond acceptors (Lipinski definition) is 4. The van der Waals surface area contributed by atoms with Gasteiger partial charge in [0, 0.05) is 56.8 Å². The fourth-order valence-electron chi connectivity index (χ4n) is 3.15. The van der Waals surface area contributed by atoms with Gasteiger partial charge in [0.25, 0.3) is 6.10 Å². The number of alkyl halides is 6. The standard InChI is InChI=1S/C20H25F6N3O2/c1-14-4-5-15(16(12-14)28-6-2-3-7-28)13-27-8-10-29(11-9-27)18(30)31-17(19(21,22)23)20(24,25)26/h4-5,12,17H,2-3,6-11,13H2,1H3/i8D2,9D2,10D2,11D2. The summed E-state index contributed by atoms with van der Waals surface area (Å²) in [7, 11) is 0. The predicted molar refractivity (Wildman–Crippen MR) is 102 cm³/mol. The van der Waals surface area contributed by atoms with E-state index in [0.29, 0.717) is 18.8 Å². The van der Waals surface area contributed by atoms with E-state index in [9.17, 15) is 31.1 Å². The summed E-state index contributed by atoms with van der Waals surface area (Å²) < 4.78 is 147. The Bertz CT molecular complexity index is 1050. The number of ether oxygens (including phenoxy) is 1. The molecule has 0 saturated carbocycles. The molecule has 0 bridgehead atoms. The van der Waals surface area contributed by atoms with E-state index < -0.39 is 62.0 Å². The van der Waals surface area contributed by atoms with Gasteiger partial charge in [-0.1, -0.05) is 12.1 Å². The first-order chi connectivity index (χ1) is 17.5. The first kappa shape index (κ1) is 14.8. The molecule has 0 unspecified atom stereocenters. The summed E-state index contributed by atoms with van der Waals surface area (Å²) in [5.41, 5.74) is 1.58. The summed E-state index contributed by atoms with van der Waals surface area (Å²) in [5.74, 6) is 0. The van der Waals surface area contributed by atoms with E-state index in [0.717, 1.165) is 18.4 Å². The van der Waals surface area contributed by atoms with Crippen LogP contribution in [-0.4, -0.2) is 73.4 Å². The van der Waals surface area contributed by atoms with E-state index in [1.54, 1.807) is 19.1 Å². The molecule has 174 valence electrons. The maximum atomic E-state index is 13.0. The Morgan fingerprint density at radius 2 is 1.65 bits per heavy atom. The number of rotatable bonds is 4. The molecule has 0 aromatic heterocycles. The smallest absolute Gasteiger partial charge is 0.426 e. The van der Waals surface area contributed by atoms with Crippen molar-refractivity contribution in [3.05, 3.63) is 29.3 Å². The van der Waals surface area contributed by atoms with Crippen LogP contribution in [-0.2, 0) is 11.3 Å². The molecule has 2 aliphatic heterocycles. The van der Waals surface area contributed by atoms with E-state index in [1.807, 2.05) is 4.90 Å². The van der Waals surface area contributed by atoms with Gasteiger partial charge in [-0.25, -0.2) is 4.79 Å². The lowest BCUT2D eigenvalue weighted by Crippen LogP contribution is -2.52. The van der Waals surface area contributed by atoms with Crippen LogP contribution >= 0.6 is 0 Å². The van der Waals surface area contributed by atoms with Gasteiger partial charge in [0.1, 0.15) is 0 Å². The molecule has 3 rings (SSSR count). The van der Waals surface area contributed by atoms with Gasteiger partial charge in [-0.05, 0) is 37.0 Å². The van der Waals surface area contributed by atoms with Gasteiger partial charge < -0.3 is 14.5 Å². The Balaban J connectivity index is 2.07. The van der Waals surface area contributed by atoms with Crippen molar-refractivity contribution >= 4 is 11.8 Å². The molecular formula is C20H25F6N3O2. The van der Waals surface area contributed by atoms with Gasteiger partial charge in [-0.3, -0.25) is 4.90 Å². The summed E-state index contributed by atoms with van der Waals surface area (Å²) >= 11 is 0. The Hall–Kier alpha value is -2.17. The van der Waals surface area contributed by atoms with Crippen LogP contribution in [0.25, 0.3) is 0 Å². The second-order valence-corrected chi connectivity index (χ2v) is 7.04. The van der Waals surface area contributed by atoms with Crippen molar-refractivity contribution in [1.29, 1.82) is 0 Å². The highest BCUT2D eigenvalue weighted by molar-refractivity contribution is 5.68. The fourth-order valence-corrected chi connectivity index (χ4v) is 3.15. The second kappa shape index (κ2) is 9.13. The zero-order chi connectivity index (χ0) is 30.0. The van der Waals surface area contributed by atoms with Gasteiger partial charge in [0.15, 0.2) is 0 Å². The van der Waals surface area contributed by atoms with Crippen LogP contribution in [0.15, 0.2) is 18.2 Å². The number of benzene rings is 1. The first-order valence-electron chi connectivity index (χ1n) is 13.2. The van der Waals surface area contributed by atoms with Crippen LogP contribution in [0.5, 0.6) is 0 Å². The Morgan fingerprint density at radius 3 is 2.19 bits per heavy atom. The van der Waals surface area contributed by atoms with Crippen molar-refractivity contribution in [2.24, 2.45) is 0 Å². The molecule has 31 heavy (non-hydrogen) atoms. The minimum atomic E-state index is -6.23. The molecule has 2 fully saturated rings. The zero-order valence-corrected chi connectivity index (χ0v) is 16.3. The average molecular weight is 461 g/mol. The fraction of sp³-hybridized carbons (Fsp3) is 0.650. The average Bonchev–Trinajstić information content (AvgIpc) is 3.28. The molecule has 2 aliphatic rings. The number of amides is 1. The molecule has 2 heterocycles. The maximum absolute atomic E-state index is 13.0. The summed E-state index contributed by atoms with van der Waals surface area (Å²) in [6, 6.07) is 4.82. The second-order valence-electron chi connectivity index (χ2n) is 7.04. The van der Waals surface area contributed by atoms with Crippen molar-refractivity contribution in [2.45, 2.75) is 44.8 Å². The van der Waals surface area contributed by atoms with Crippen molar-refractivity contribution in [3.8, 4) is 0 Å². The predicted octanol–water partition coefficient (Wildman–Crippen LogP) is 4.34. The molecule has 2 saturated heterocycles. The summed E-state index contributed by atoms with van der Waals surface area (Å²) in [4.78, 5) is 13.5. The third kappa shape index (κ3) is 5.96. The van der Waals surface area contributed by atoms with Gasteiger partial charge in [-0.2, -0.15) is 26.3 Å². The van der Waals surface area contributed by atoms with Crippen molar-refractivity contribution in [3.63, 3.8) is 0 Å². The van der Waals surface area contributed by atoms with Crippen molar-refractivity contribution in [1.82, 2.24) is 9.80 Å². The van der Waals surface area contributed by atoms with Gasteiger partial charge in [0.05, 0.1) is 5.48 Å². The molecule has 1 aromatic rings. The van der Waals surface area contributed by atoms with Crippen LogP contribution in [0.2, 0.25) is 0 Å². The lowest BCUT2D eigenvalue weighted by atomic mass is 10.1. The molecule has 0 N–H and O–H groups in total. The zero-order valence-electron chi connectivity index (χ0n) is 24.3. The summed E-state index contributed by atoms with van der Waals surface area (Å²) in [6.45, 7) is -13.2. The van der Waals surface area contributed by atoms with E-state index in [-0.39, 0.29) is 10.5 Å². The topological polar surface area (TPSA) is 36.0 Å². The Labute approximate surface area is 187 Å². The SMILES string of the molecule is [2H]C1([2H])N(Cc2ccc(C)cc2N2CCCC2)C([2H])([2H])C([2H])([2H])N(C(=O)OC(C(F)(F)F)C(F)(F)F)C1([2H])[2H]. The molecular weight excluding hydrogens is 428 g/mol. The molecule has 0 aliphatic carbocycles. The molecule has 11 heteroatoms. The quantitative estimate of drug-likeness (QED) is 0.625. The van der Waals surface area contributed by atoms with Gasteiger partial charge in [-0.15, -0.1) is 0 Å². The van der Waals surface area contributed by atoms with Crippen LogP contribution in [0.4, 0.5) is 36.8 Å². The Morgan fingerprint density at radius 1 is 1.06 bits per heavy atom. The van der Waals surface area contributed by atoms with Crippen molar-refractivity contribution in [2.75, 3.05) is 44.0 Å². The highest BCUT2D eigenvalue weighted by atomic mass is 19.4. The molecule has 1 amide bonds. The van der Waals surface area contributed by atoms with Crippen LogP contribution < -0.4 is 4.90 Å². The summed E-state index contributed by atoms with van der Waals surface area (Å²) in [6.07, 6.45) is -18.5.